The van der Waals surface area contributed by atoms with Crippen molar-refractivity contribution in [1.82, 2.24) is 10.2 Å². The van der Waals surface area contributed by atoms with Gasteiger partial charge in [-0.05, 0) is 55.5 Å². The first kappa shape index (κ1) is 19.8. The maximum atomic E-state index is 12.3. The van der Waals surface area contributed by atoms with Crippen LogP contribution >= 0.6 is 0 Å². The van der Waals surface area contributed by atoms with Crippen molar-refractivity contribution in [3.05, 3.63) is 65.9 Å². The summed E-state index contributed by atoms with van der Waals surface area (Å²) in [5, 5.41) is 13.8. The lowest BCUT2D eigenvalue weighted by molar-refractivity contribution is 0.101. The van der Waals surface area contributed by atoms with E-state index in [1.165, 1.54) is 6.92 Å². The van der Waals surface area contributed by atoms with Crippen LogP contribution in [-0.4, -0.2) is 36.1 Å². The molecule has 0 bridgehead atoms. The molecule has 3 rings (SSSR count). The predicted molar refractivity (Wildman–Crippen MR) is 109 cm³/mol. The summed E-state index contributed by atoms with van der Waals surface area (Å²) in [6.07, 6.45) is 0. The SMILES string of the molecule is COc1ccc(Nc2ccc(C(=O)Nc3ccc(C(C)=O)cc3)nn2)c(OC)c1. The number of benzene rings is 2. The largest absolute Gasteiger partial charge is 0.497 e. The highest BCUT2D eigenvalue weighted by molar-refractivity contribution is 6.03. The third-order valence-corrected chi connectivity index (χ3v) is 4.12. The van der Waals surface area contributed by atoms with Gasteiger partial charge in [0.15, 0.2) is 17.3 Å². The predicted octanol–water partition coefficient (Wildman–Crippen LogP) is 3.69. The summed E-state index contributed by atoms with van der Waals surface area (Å²) in [7, 11) is 3.14. The van der Waals surface area contributed by atoms with E-state index >= 15 is 0 Å². The van der Waals surface area contributed by atoms with Crippen molar-refractivity contribution in [2.24, 2.45) is 0 Å². The number of hydrogen-bond donors (Lipinski definition) is 2. The van der Waals surface area contributed by atoms with Gasteiger partial charge in [-0.3, -0.25) is 9.59 Å². The topological polar surface area (TPSA) is 102 Å². The maximum Gasteiger partial charge on any atom is 0.276 e. The van der Waals surface area contributed by atoms with E-state index in [-0.39, 0.29) is 11.5 Å². The summed E-state index contributed by atoms with van der Waals surface area (Å²) in [6.45, 7) is 1.49. The molecule has 0 aliphatic carbocycles. The normalized spacial score (nSPS) is 10.2. The first-order chi connectivity index (χ1) is 14.0. The molecule has 1 heterocycles. The van der Waals surface area contributed by atoms with E-state index in [2.05, 4.69) is 20.8 Å². The zero-order chi connectivity index (χ0) is 20.8. The van der Waals surface area contributed by atoms with Gasteiger partial charge in [-0.2, -0.15) is 0 Å². The van der Waals surface area contributed by atoms with Gasteiger partial charge in [0.25, 0.3) is 5.91 Å². The standard InChI is InChI=1S/C21H20N4O4/c1-13(26)14-4-6-15(7-5-14)22-21(27)18-10-11-20(25-24-18)23-17-9-8-16(28-2)12-19(17)29-3/h4-12H,1-3H3,(H,22,27)(H,23,25). The molecule has 0 unspecified atom stereocenters. The maximum absolute atomic E-state index is 12.3. The van der Waals surface area contributed by atoms with Crippen LogP contribution in [0.3, 0.4) is 0 Å². The van der Waals surface area contributed by atoms with E-state index < -0.39 is 5.91 Å². The molecule has 148 valence electrons. The Morgan fingerprint density at radius 2 is 1.66 bits per heavy atom. The summed E-state index contributed by atoms with van der Waals surface area (Å²) in [4.78, 5) is 23.6. The number of nitrogens with zero attached hydrogens (tertiary/aromatic N) is 2. The van der Waals surface area contributed by atoms with Crippen LogP contribution in [0.5, 0.6) is 11.5 Å². The molecular weight excluding hydrogens is 372 g/mol. The molecule has 0 spiro atoms. The Morgan fingerprint density at radius 3 is 2.24 bits per heavy atom. The molecule has 0 radical (unpaired) electrons. The second-order valence-electron chi connectivity index (χ2n) is 6.08. The number of rotatable bonds is 7. The van der Waals surface area contributed by atoms with Crippen molar-refractivity contribution in [3.63, 3.8) is 0 Å². The van der Waals surface area contributed by atoms with E-state index in [0.29, 0.717) is 34.3 Å². The lowest BCUT2D eigenvalue weighted by Crippen LogP contribution is -2.14. The second kappa shape index (κ2) is 8.83. The number of carbonyl (C=O) groups is 2. The Bertz CT molecular complexity index is 1020. The van der Waals surface area contributed by atoms with Crippen molar-refractivity contribution in [3.8, 4) is 11.5 Å². The molecule has 0 saturated heterocycles. The van der Waals surface area contributed by atoms with Crippen LogP contribution in [0.1, 0.15) is 27.8 Å². The van der Waals surface area contributed by atoms with Crippen molar-refractivity contribution in [2.45, 2.75) is 6.92 Å². The fourth-order valence-corrected chi connectivity index (χ4v) is 2.54. The molecule has 0 fully saturated rings. The van der Waals surface area contributed by atoms with E-state index in [1.807, 2.05) is 0 Å². The van der Waals surface area contributed by atoms with Gasteiger partial charge in [-0.15, -0.1) is 10.2 Å². The number of aromatic nitrogens is 2. The van der Waals surface area contributed by atoms with Gasteiger partial charge < -0.3 is 20.1 Å². The van der Waals surface area contributed by atoms with E-state index in [0.717, 1.165) is 0 Å². The average Bonchev–Trinajstić information content (AvgIpc) is 2.74. The fourth-order valence-electron chi connectivity index (χ4n) is 2.54. The van der Waals surface area contributed by atoms with Crippen LogP contribution < -0.4 is 20.1 Å². The number of amides is 1. The highest BCUT2D eigenvalue weighted by atomic mass is 16.5. The van der Waals surface area contributed by atoms with Gasteiger partial charge in [0.05, 0.1) is 19.9 Å². The Morgan fingerprint density at radius 1 is 0.897 bits per heavy atom. The second-order valence-corrected chi connectivity index (χ2v) is 6.08. The third-order valence-electron chi connectivity index (χ3n) is 4.12. The zero-order valence-corrected chi connectivity index (χ0v) is 16.2. The molecule has 8 heteroatoms. The molecular formula is C21H20N4O4. The number of Topliss-reactive ketones (excluding diaryl/α,β-unsaturated/α-hetero) is 1. The summed E-state index contributed by atoms with van der Waals surface area (Å²) < 4.78 is 10.5. The molecule has 0 saturated carbocycles. The molecule has 8 nitrogen and oxygen atoms in total. The van der Waals surface area contributed by atoms with Crippen molar-refractivity contribution in [1.29, 1.82) is 0 Å². The minimum absolute atomic E-state index is 0.0367. The van der Waals surface area contributed by atoms with E-state index in [1.54, 1.807) is 68.8 Å². The number of anilines is 3. The molecule has 3 aromatic rings. The minimum Gasteiger partial charge on any atom is -0.497 e. The van der Waals surface area contributed by atoms with Gasteiger partial charge in [0, 0.05) is 17.3 Å². The summed E-state index contributed by atoms with van der Waals surface area (Å²) in [5.41, 5.74) is 1.98. The molecule has 0 aliphatic rings. The van der Waals surface area contributed by atoms with Gasteiger partial charge in [0.1, 0.15) is 11.5 Å². The lowest BCUT2D eigenvalue weighted by atomic mass is 10.1. The molecule has 0 atom stereocenters. The van der Waals surface area contributed by atoms with Gasteiger partial charge in [-0.25, -0.2) is 0 Å². The zero-order valence-electron chi connectivity index (χ0n) is 16.2. The van der Waals surface area contributed by atoms with Crippen molar-refractivity contribution in [2.75, 3.05) is 24.9 Å². The smallest absolute Gasteiger partial charge is 0.276 e. The lowest BCUT2D eigenvalue weighted by Gasteiger charge is -2.12. The first-order valence-electron chi connectivity index (χ1n) is 8.75. The van der Waals surface area contributed by atoms with Crippen LogP contribution in [0.25, 0.3) is 0 Å². The Labute approximate surface area is 167 Å². The van der Waals surface area contributed by atoms with Crippen molar-refractivity contribution < 1.29 is 19.1 Å². The van der Waals surface area contributed by atoms with Crippen molar-refractivity contribution >= 4 is 28.9 Å². The summed E-state index contributed by atoms with van der Waals surface area (Å²) >= 11 is 0. The van der Waals surface area contributed by atoms with Gasteiger partial charge >= 0.3 is 0 Å². The molecule has 29 heavy (non-hydrogen) atoms. The number of ketones is 1. The number of nitrogens with one attached hydrogen (secondary N) is 2. The Kier molecular flexibility index (Phi) is 6.03. The van der Waals surface area contributed by atoms with Crippen LogP contribution in [0, 0.1) is 0 Å². The van der Waals surface area contributed by atoms with Gasteiger partial charge in [-0.1, -0.05) is 0 Å². The minimum atomic E-state index is -0.401. The summed E-state index contributed by atoms with van der Waals surface area (Å²) in [5.74, 6) is 1.27. The average molecular weight is 392 g/mol. The fraction of sp³-hybridized carbons (Fsp3) is 0.143. The van der Waals surface area contributed by atoms with Crippen LogP contribution in [0.4, 0.5) is 17.2 Å². The number of ether oxygens (including phenoxy) is 2. The molecule has 2 N–H and O–H groups in total. The van der Waals surface area contributed by atoms with E-state index in [9.17, 15) is 9.59 Å². The molecule has 1 amide bonds. The van der Waals surface area contributed by atoms with Crippen LogP contribution in [0.2, 0.25) is 0 Å². The first-order valence-corrected chi connectivity index (χ1v) is 8.75. The van der Waals surface area contributed by atoms with Crippen LogP contribution in [0.15, 0.2) is 54.6 Å². The Hall–Kier alpha value is -3.94. The monoisotopic (exact) mass is 392 g/mol. The number of carbonyl (C=O) groups excluding carboxylic acids is 2. The summed E-state index contributed by atoms with van der Waals surface area (Å²) in [6, 6.07) is 15.2. The quantitative estimate of drug-likeness (QED) is 0.591. The van der Waals surface area contributed by atoms with E-state index in [4.69, 9.17) is 9.47 Å². The molecule has 1 aromatic heterocycles. The van der Waals surface area contributed by atoms with Gasteiger partial charge in [0.2, 0.25) is 0 Å². The highest BCUT2D eigenvalue weighted by Crippen LogP contribution is 2.30. The highest BCUT2D eigenvalue weighted by Gasteiger charge is 2.11. The third kappa shape index (κ3) is 4.86. The Balaban J connectivity index is 1.68. The number of hydrogen-bond acceptors (Lipinski definition) is 7. The van der Waals surface area contributed by atoms with Crippen LogP contribution in [-0.2, 0) is 0 Å². The number of methoxy groups -OCH3 is 2. The molecule has 2 aromatic carbocycles. The molecule has 0 aliphatic heterocycles.